The van der Waals surface area contributed by atoms with E-state index in [2.05, 4.69) is 5.32 Å². The predicted molar refractivity (Wildman–Crippen MR) is 111 cm³/mol. The van der Waals surface area contributed by atoms with Crippen LogP contribution >= 0.6 is 0 Å². The van der Waals surface area contributed by atoms with Crippen LogP contribution in [0, 0.1) is 11.3 Å². The number of rotatable bonds is 5. The number of methoxy groups -OCH3 is 1. The van der Waals surface area contributed by atoms with Gasteiger partial charge in [0, 0.05) is 32.6 Å². The molecule has 8 nitrogen and oxygen atoms in total. The van der Waals surface area contributed by atoms with Crippen LogP contribution in [0.3, 0.4) is 0 Å². The fraction of sp³-hybridized carbons (Fsp3) is 0.600. The summed E-state index contributed by atoms with van der Waals surface area (Å²) in [4.78, 5) is 27.2. The van der Waals surface area contributed by atoms with E-state index in [1.165, 1.54) is 39.4 Å². The molecule has 162 valence electrons. The summed E-state index contributed by atoms with van der Waals surface area (Å²) in [5.74, 6) is -0.232. The number of nitrogens with zero attached hydrogens (tertiary/aromatic N) is 2. The third-order valence-electron chi connectivity index (χ3n) is 4.93. The Bertz CT molecular complexity index is 875. The van der Waals surface area contributed by atoms with Gasteiger partial charge in [0.1, 0.15) is 5.75 Å². The molecular weight excluding hydrogens is 394 g/mol. The Balaban J connectivity index is 2.22. The molecule has 1 N–H and O–H groups in total. The second-order valence-electron chi connectivity index (χ2n) is 8.48. The smallest absolute Gasteiger partial charge is 0.242 e. The van der Waals surface area contributed by atoms with Crippen molar-refractivity contribution >= 4 is 27.5 Å². The molecule has 0 saturated carbocycles. The molecule has 1 aliphatic heterocycles. The number of carbonyl (C=O) groups is 2. The number of ether oxygens (including phenoxy) is 1. The van der Waals surface area contributed by atoms with Gasteiger partial charge in [-0.25, -0.2) is 12.7 Å². The van der Waals surface area contributed by atoms with Gasteiger partial charge in [0.15, 0.2) is 0 Å². The van der Waals surface area contributed by atoms with Crippen molar-refractivity contribution in [3.05, 3.63) is 18.2 Å². The summed E-state index contributed by atoms with van der Waals surface area (Å²) in [5, 5.41) is 2.80. The molecular formula is C20H31N3O5S. The van der Waals surface area contributed by atoms with Gasteiger partial charge in [0.05, 0.1) is 23.6 Å². The Kier molecular flexibility index (Phi) is 6.95. The maximum absolute atomic E-state index is 12.9. The third kappa shape index (κ3) is 5.27. The Hall–Kier alpha value is -2.13. The molecule has 1 aliphatic rings. The molecule has 1 atom stereocenters. The number of likely N-dealkylation sites (tertiary alicyclic amines) is 1. The van der Waals surface area contributed by atoms with Crippen molar-refractivity contribution in [3.63, 3.8) is 0 Å². The van der Waals surface area contributed by atoms with Crippen LogP contribution in [0.2, 0.25) is 0 Å². The van der Waals surface area contributed by atoms with Crippen LogP contribution in [0.4, 0.5) is 5.69 Å². The average Bonchev–Trinajstić information content (AvgIpc) is 2.66. The maximum atomic E-state index is 12.9. The maximum Gasteiger partial charge on any atom is 0.242 e. The van der Waals surface area contributed by atoms with E-state index in [0.717, 1.165) is 10.7 Å². The van der Waals surface area contributed by atoms with Crippen molar-refractivity contribution in [2.45, 2.75) is 38.5 Å². The summed E-state index contributed by atoms with van der Waals surface area (Å²) in [7, 11) is 0.696. The number of hydrogen-bond donors (Lipinski definition) is 1. The molecule has 0 aliphatic carbocycles. The lowest BCUT2D eigenvalue weighted by Gasteiger charge is -2.36. The first-order valence-corrected chi connectivity index (χ1v) is 11.0. The zero-order valence-electron chi connectivity index (χ0n) is 18.0. The molecule has 9 heteroatoms. The molecule has 0 radical (unpaired) electrons. The van der Waals surface area contributed by atoms with Crippen molar-refractivity contribution in [2.24, 2.45) is 11.3 Å². The highest BCUT2D eigenvalue weighted by Gasteiger charge is 2.33. The summed E-state index contributed by atoms with van der Waals surface area (Å²) in [6, 6.07) is 4.35. The molecule has 1 aromatic rings. The molecule has 2 amide bonds. The third-order valence-corrected chi connectivity index (χ3v) is 6.74. The van der Waals surface area contributed by atoms with Gasteiger partial charge in [0.25, 0.3) is 0 Å². The van der Waals surface area contributed by atoms with Crippen LogP contribution in [0.5, 0.6) is 5.75 Å². The number of carbonyl (C=O) groups excluding carboxylic acids is 2. The number of hydrogen-bond acceptors (Lipinski definition) is 5. The van der Waals surface area contributed by atoms with Gasteiger partial charge >= 0.3 is 0 Å². The van der Waals surface area contributed by atoms with Gasteiger partial charge < -0.3 is 15.0 Å². The van der Waals surface area contributed by atoms with Crippen LogP contribution in [0.1, 0.15) is 33.6 Å². The fourth-order valence-corrected chi connectivity index (χ4v) is 4.17. The highest BCUT2D eigenvalue weighted by molar-refractivity contribution is 7.89. The quantitative estimate of drug-likeness (QED) is 0.780. The Morgan fingerprint density at radius 3 is 2.45 bits per heavy atom. The van der Waals surface area contributed by atoms with E-state index in [1.54, 1.807) is 4.90 Å². The molecule has 1 aromatic carbocycles. The molecule has 0 bridgehead atoms. The molecule has 1 unspecified atom stereocenters. The van der Waals surface area contributed by atoms with Crippen molar-refractivity contribution < 1.29 is 22.7 Å². The minimum atomic E-state index is -3.65. The molecule has 0 aromatic heterocycles. The average molecular weight is 426 g/mol. The van der Waals surface area contributed by atoms with Gasteiger partial charge in [-0.3, -0.25) is 9.59 Å². The lowest BCUT2D eigenvalue weighted by molar-refractivity contribution is -0.142. The predicted octanol–water partition coefficient (Wildman–Crippen LogP) is 2.17. The van der Waals surface area contributed by atoms with E-state index in [9.17, 15) is 18.0 Å². The highest BCUT2D eigenvalue weighted by Crippen LogP contribution is 2.30. The fourth-order valence-electron chi connectivity index (χ4n) is 3.24. The van der Waals surface area contributed by atoms with Crippen molar-refractivity contribution in [3.8, 4) is 5.75 Å². The van der Waals surface area contributed by atoms with E-state index in [-0.39, 0.29) is 22.6 Å². The van der Waals surface area contributed by atoms with Crippen LogP contribution in [-0.2, 0) is 19.6 Å². The zero-order chi connectivity index (χ0) is 22.0. The number of piperidine rings is 1. The lowest BCUT2D eigenvalue weighted by Crippen LogP contribution is -2.47. The number of sulfonamides is 1. The summed E-state index contributed by atoms with van der Waals surface area (Å²) < 4.78 is 31.2. The standard InChI is InChI=1S/C20H31N3O5S/c1-20(2,3)19(25)23-11-7-8-14(13-23)18(24)21-16-12-15(9-10-17(16)28-6)29(26,27)22(4)5/h9-10,12,14H,7-8,11,13H2,1-6H3,(H,21,24). The number of nitrogens with one attached hydrogen (secondary N) is 1. The van der Waals surface area contributed by atoms with E-state index in [1.807, 2.05) is 20.8 Å². The molecule has 1 heterocycles. The van der Waals surface area contributed by atoms with E-state index in [4.69, 9.17) is 4.74 Å². The molecule has 0 spiro atoms. The van der Waals surface area contributed by atoms with Crippen LogP contribution in [0.15, 0.2) is 23.1 Å². The van der Waals surface area contributed by atoms with Crippen molar-refractivity contribution in [1.82, 2.24) is 9.21 Å². The topological polar surface area (TPSA) is 96.0 Å². The minimum absolute atomic E-state index is 0.0201. The van der Waals surface area contributed by atoms with E-state index in [0.29, 0.717) is 30.9 Å². The molecule has 29 heavy (non-hydrogen) atoms. The zero-order valence-corrected chi connectivity index (χ0v) is 18.8. The largest absolute Gasteiger partial charge is 0.495 e. The summed E-state index contributed by atoms with van der Waals surface area (Å²) >= 11 is 0. The Morgan fingerprint density at radius 1 is 1.24 bits per heavy atom. The first-order chi connectivity index (χ1) is 13.4. The van der Waals surface area contributed by atoms with Gasteiger partial charge in [-0.05, 0) is 31.0 Å². The lowest BCUT2D eigenvalue weighted by atomic mass is 9.91. The number of benzene rings is 1. The molecule has 2 rings (SSSR count). The number of amides is 2. The first kappa shape index (κ1) is 23.2. The Labute approximate surface area is 173 Å². The Morgan fingerprint density at radius 2 is 1.90 bits per heavy atom. The monoisotopic (exact) mass is 425 g/mol. The summed E-state index contributed by atoms with van der Waals surface area (Å²) in [6.45, 7) is 6.57. The normalized spacial score (nSPS) is 17.9. The van der Waals surface area contributed by atoms with Gasteiger partial charge in [0.2, 0.25) is 21.8 Å². The molecule has 1 saturated heterocycles. The first-order valence-electron chi connectivity index (χ1n) is 9.58. The van der Waals surface area contributed by atoms with Gasteiger partial charge in [-0.1, -0.05) is 20.8 Å². The van der Waals surface area contributed by atoms with Crippen LogP contribution < -0.4 is 10.1 Å². The number of anilines is 1. The second-order valence-corrected chi connectivity index (χ2v) is 10.6. The van der Waals surface area contributed by atoms with Crippen molar-refractivity contribution in [2.75, 3.05) is 39.6 Å². The highest BCUT2D eigenvalue weighted by atomic mass is 32.2. The second kappa shape index (κ2) is 8.71. The molecule has 1 fully saturated rings. The van der Waals surface area contributed by atoms with Gasteiger partial charge in [-0.15, -0.1) is 0 Å². The minimum Gasteiger partial charge on any atom is -0.495 e. The van der Waals surface area contributed by atoms with E-state index >= 15 is 0 Å². The van der Waals surface area contributed by atoms with Crippen LogP contribution in [0.25, 0.3) is 0 Å². The summed E-state index contributed by atoms with van der Waals surface area (Å²) in [5.41, 5.74) is -0.212. The van der Waals surface area contributed by atoms with E-state index < -0.39 is 15.4 Å². The summed E-state index contributed by atoms with van der Waals surface area (Å²) in [6.07, 6.45) is 1.41. The van der Waals surface area contributed by atoms with Crippen LogP contribution in [-0.4, -0.2) is 63.7 Å². The van der Waals surface area contributed by atoms with Gasteiger partial charge in [-0.2, -0.15) is 0 Å². The SMILES string of the molecule is COc1ccc(S(=O)(=O)N(C)C)cc1NC(=O)C1CCCN(C(=O)C(C)(C)C)C1. The van der Waals surface area contributed by atoms with Crippen molar-refractivity contribution in [1.29, 1.82) is 0 Å².